The minimum absolute atomic E-state index is 0.0514. The van der Waals surface area contributed by atoms with Crippen LogP contribution in [0.4, 0.5) is 10.1 Å². The number of hydrogen-bond donors (Lipinski definition) is 0. The molecule has 2 aliphatic heterocycles. The Bertz CT molecular complexity index is 969. The van der Waals surface area contributed by atoms with Crippen LogP contribution < -0.4 is 4.90 Å². The lowest BCUT2D eigenvalue weighted by Crippen LogP contribution is -2.56. The van der Waals surface area contributed by atoms with E-state index in [1.165, 1.54) is 12.1 Å². The number of carbonyl (C=O) groups excluding carboxylic acids is 2. The molecule has 6 heteroatoms. The normalized spacial score (nSPS) is 18.3. The maximum absolute atomic E-state index is 13.7. The topological polar surface area (TPSA) is 43.9 Å². The van der Waals surface area contributed by atoms with Crippen molar-refractivity contribution in [2.45, 2.75) is 51.5 Å². The first-order valence-corrected chi connectivity index (χ1v) is 12.5. The maximum Gasteiger partial charge on any atom is 0.250 e. The third-order valence-corrected chi connectivity index (χ3v) is 7.29. The molecule has 2 aromatic carbocycles. The van der Waals surface area contributed by atoms with Gasteiger partial charge < -0.3 is 14.7 Å². The van der Waals surface area contributed by atoms with Gasteiger partial charge >= 0.3 is 0 Å². The molecule has 34 heavy (non-hydrogen) atoms. The van der Waals surface area contributed by atoms with Crippen LogP contribution >= 0.6 is 0 Å². The third-order valence-electron chi connectivity index (χ3n) is 7.29. The summed E-state index contributed by atoms with van der Waals surface area (Å²) < 4.78 is 13.1. The molecule has 1 amide bonds. The second kappa shape index (κ2) is 10.7. The molecule has 0 saturated carbocycles. The first-order chi connectivity index (χ1) is 16.4. The van der Waals surface area contributed by atoms with Gasteiger partial charge in [0.25, 0.3) is 0 Å². The fourth-order valence-electron chi connectivity index (χ4n) is 5.18. The van der Waals surface area contributed by atoms with Gasteiger partial charge in [0.15, 0.2) is 5.78 Å². The Balaban J connectivity index is 1.36. The third kappa shape index (κ3) is 5.33. The fourth-order valence-corrected chi connectivity index (χ4v) is 5.18. The lowest BCUT2D eigenvalue weighted by Gasteiger charge is -2.43. The Labute approximate surface area is 202 Å². The predicted octanol–water partition coefficient (Wildman–Crippen LogP) is 4.98. The van der Waals surface area contributed by atoms with E-state index in [0.29, 0.717) is 24.6 Å². The molecule has 4 rings (SSSR count). The van der Waals surface area contributed by atoms with Crippen LogP contribution in [0.25, 0.3) is 0 Å². The quantitative estimate of drug-likeness (QED) is 0.490. The van der Waals surface area contributed by atoms with Crippen LogP contribution in [0.3, 0.4) is 0 Å². The highest BCUT2D eigenvalue weighted by Gasteiger charge is 2.53. The zero-order valence-corrected chi connectivity index (χ0v) is 20.4. The van der Waals surface area contributed by atoms with Crippen LogP contribution in [0.2, 0.25) is 0 Å². The molecule has 2 fully saturated rings. The Morgan fingerprint density at radius 1 is 1.00 bits per heavy atom. The molecule has 0 unspecified atom stereocenters. The minimum Gasteiger partial charge on any atom is -0.339 e. The molecule has 2 aromatic rings. The van der Waals surface area contributed by atoms with E-state index in [1.54, 1.807) is 12.1 Å². The van der Waals surface area contributed by atoms with Gasteiger partial charge in [-0.1, -0.05) is 32.0 Å². The Kier molecular flexibility index (Phi) is 7.67. The van der Waals surface area contributed by atoms with E-state index in [2.05, 4.69) is 35.8 Å². The van der Waals surface area contributed by atoms with Crippen molar-refractivity contribution in [3.05, 3.63) is 66.0 Å². The van der Waals surface area contributed by atoms with Gasteiger partial charge in [0, 0.05) is 37.3 Å². The maximum atomic E-state index is 13.7. The number of hydrogen-bond acceptors (Lipinski definition) is 4. The Morgan fingerprint density at radius 2 is 1.68 bits per heavy atom. The summed E-state index contributed by atoms with van der Waals surface area (Å²) in [6, 6.07) is 16.1. The standard InChI is InChI=1S/C28H36FN3O2/c1-22(2)14-18-31-21-32(25-7-4-3-5-8-25)28(27(31)34)15-19-30(20-16-28)17-6-9-26(33)23-10-12-24(29)13-11-23/h3-5,7-8,10-13,22H,6,9,14-21H2,1-2H3. The molecule has 2 heterocycles. The smallest absolute Gasteiger partial charge is 0.250 e. The number of nitrogens with zero attached hydrogens (tertiary/aromatic N) is 3. The van der Waals surface area contributed by atoms with Gasteiger partial charge in [0.05, 0.1) is 6.67 Å². The van der Waals surface area contributed by atoms with E-state index >= 15 is 0 Å². The second-order valence-electron chi connectivity index (χ2n) is 10.1. The number of amides is 1. The van der Waals surface area contributed by atoms with Gasteiger partial charge in [-0.05, 0) is 74.5 Å². The largest absolute Gasteiger partial charge is 0.339 e. The lowest BCUT2D eigenvalue weighted by molar-refractivity contribution is -0.133. The highest BCUT2D eigenvalue weighted by atomic mass is 19.1. The number of benzene rings is 2. The summed E-state index contributed by atoms with van der Waals surface area (Å²) in [7, 11) is 0. The summed E-state index contributed by atoms with van der Waals surface area (Å²) in [6.45, 7) is 8.38. The van der Waals surface area contributed by atoms with Crippen LogP contribution in [0.5, 0.6) is 0 Å². The van der Waals surface area contributed by atoms with E-state index < -0.39 is 5.54 Å². The van der Waals surface area contributed by atoms with Gasteiger partial charge in [-0.3, -0.25) is 9.59 Å². The number of halogens is 1. The number of ketones is 1. The van der Waals surface area contributed by atoms with E-state index in [0.717, 1.165) is 57.5 Å². The summed E-state index contributed by atoms with van der Waals surface area (Å²) in [6.07, 6.45) is 3.82. The van der Waals surface area contributed by atoms with Crippen molar-refractivity contribution in [2.75, 3.05) is 37.7 Å². The molecule has 0 atom stereocenters. The lowest BCUT2D eigenvalue weighted by atomic mass is 9.85. The van der Waals surface area contributed by atoms with Gasteiger partial charge in [-0.25, -0.2) is 4.39 Å². The SMILES string of the molecule is CC(C)CCN1CN(c2ccccc2)C2(CCN(CCCC(=O)c3ccc(F)cc3)CC2)C1=O. The number of anilines is 1. The predicted molar refractivity (Wildman–Crippen MR) is 133 cm³/mol. The summed E-state index contributed by atoms with van der Waals surface area (Å²) in [5.41, 5.74) is 1.20. The van der Waals surface area contributed by atoms with Gasteiger partial charge in [0.2, 0.25) is 5.91 Å². The van der Waals surface area contributed by atoms with Crippen LogP contribution in [-0.2, 0) is 4.79 Å². The monoisotopic (exact) mass is 465 g/mol. The van der Waals surface area contributed by atoms with Gasteiger partial charge in [0.1, 0.15) is 11.4 Å². The molecule has 0 N–H and O–H groups in total. The Morgan fingerprint density at radius 3 is 2.32 bits per heavy atom. The van der Waals surface area contributed by atoms with E-state index in [-0.39, 0.29) is 17.5 Å². The molecule has 5 nitrogen and oxygen atoms in total. The van der Waals surface area contributed by atoms with Crippen molar-refractivity contribution < 1.29 is 14.0 Å². The number of piperidine rings is 1. The highest BCUT2D eigenvalue weighted by Crippen LogP contribution is 2.39. The number of carbonyl (C=O) groups is 2. The van der Waals surface area contributed by atoms with Crippen LogP contribution in [0.15, 0.2) is 54.6 Å². The van der Waals surface area contributed by atoms with Crippen molar-refractivity contribution in [2.24, 2.45) is 5.92 Å². The molecular weight excluding hydrogens is 429 g/mol. The van der Waals surface area contributed by atoms with E-state index in [4.69, 9.17) is 0 Å². The Hall–Kier alpha value is -2.73. The molecule has 1 spiro atoms. The first-order valence-electron chi connectivity index (χ1n) is 12.5. The van der Waals surface area contributed by atoms with Crippen LogP contribution in [0, 0.1) is 11.7 Å². The van der Waals surface area contributed by atoms with Crippen LogP contribution in [-0.4, -0.2) is 59.9 Å². The average molecular weight is 466 g/mol. The van der Waals surface area contributed by atoms with Crippen molar-refractivity contribution in [3.63, 3.8) is 0 Å². The summed E-state index contributed by atoms with van der Waals surface area (Å²) in [4.78, 5) is 32.8. The number of likely N-dealkylation sites (tertiary alicyclic amines) is 1. The average Bonchev–Trinajstić information content (AvgIpc) is 3.11. The minimum atomic E-state index is -0.473. The molecule has 0 aliphatic carbocycles. The highest BCUT2D eigenvalue weighted by molar-refractivity contribution is 5.96. The van der Waals surface area contributed by atoms with Crippen molar-refractivity contribution in [1.82, 2.24) is 9.80 Å². The summed E-state index contributed by atoms with van der Waals surface area (Å²) >= 11 is 0. The van der Waals surface area contributed by atoms with Gasteiger partial charge in [-0.15, -0.1) is 0 Å². The fraction of sp³-hybridized carbons (Fsp3) is 0.500. The molecule has 2 aliphatic rings. The van der Waals surface area contributed by atoms with Crippen molar-refractivity contribution in [1.29, 1.82) is 0 Å². The molecule has 2 saturated heterocycles. The van der Waals surface area contributed by atoms with Crippen LogP contribution in [0.1, 0.15) is 56.3 Å². The number of rotatable bonds is 9. The number of Topliss-reactive ketones (excluding diaryl/α,β-unsaturated/α-hetero) is 1. The zero-order chi connectivity index (χ0) is 24.1. The van der Waals surface area contributed by atoms with E-state index in [1.807, 2.05) is 23.1 Å². The van der Waals surface area contributed by atoms with Crippen molar-refractivity contribution >= 4 is 17.4 Å². The second-order valence-corrected chi connectivity index (χ2v) is 10.1. The van der Waals surface area contributed by atoms with Gasteiger partial charge in [-0.2, -0.15) is 0 Å². The molecule has 0 bridgehead atoms. The first kappa shape index (κ1) is 24.4. The molecule has 0 radical (unpaired) electrons. The molecular formula is C28H36FN3O2. The molecule has 0 aromatic heterocycles. The summed E-state index contributed by atoms with van der Waals surface area (Å²) in [5, 5.41) is 0. The zero-order valence-electron chi connectivity index (χ0n) is 20.4. The van der Waals surface area contributed by atoms with E-state index in [9.17, 15) is 14.0 Å². The van der Waals surface area contributed by atoms with Crippen molar-refractivity contribution in [3.8, 4) is 0 Å². The molecule has 182 valence electrons. The number of para-hydroxylation sites is 1. The summed E-state index contributed by atoms with van der Waals surface area (Å²) in [5.74, 6) is 0.556.